The zero-order chi connectivity index (χ0) is 21.0. The van der Waals surface area contributed by atoms with E-state index in [-0.39, 0.29) is 35.1 Å². The maximum atomic E-state index is 13.6. The molecule has 3 heterocycles. The van der Waals surface area contributed by atoms with E-state index in [1.165, 1.54) is 13.3 Å². The van der Waals surface area contributed by atoms with Crippen molar-refractivity contribution in [2.24, 2.45) is 0 Å². The molecule has 0 radical (unpaired) electrons. The minimum atomic E-state index is -1.32. The molecule has 1 amide bonds. The Labute approximate surface area is 170 Å². The molecule has 2 atom stereocenters. The highest BCUT2D eigenvalue weighted by Crippen LogP contribution is 2.29. The van der Waals surface area contributed by atoms with Gasteiger partial charge in [-0.25, -0.2) is 4.79 Å². The molecule has 8 heteroatoms. The number of amides is 1. The molecule has 8 nitrogen and oxygen atoms in total. The summed E-state index contributed by atoms with van der Waals surface area (Å²) < 4.78 is 6.81. The Kier molecular flexibility index (Phi) is 6.95. The molecule has 1 aromatic rings. The van der Waals surface area contributed by atoms with Crippen LogP contribution in [-0.4, -0.2) is 52.3 Å². The lowest BCUT2D eigenvalue weighted by molar-refractivity contribution is 0.0345. The van der Waals surface area contributed by atoms with Crippen molar-refractivity contribution >= 4 is 11.9 Å². The molecule has 0 aromatic carbocycles. The lowest BCUT2D eigenvalue weighted by atomic mass is 9.97. The van der Waals surface area contributed by atoms with E-state index in [2.05, 4.69) is 12.2 Å². The van der Waals surface area contributed by atoms with Crippen molar-refractivity contribution < 1.29 is 19.4 Å². The van der Waals surface area contributed by atoms with Crippen LogP contribution in [0.25, 0.3) is 0 Å². The summed E-state index contributed by atoms with van der Waals surface area (Å²) in [7, 11) is 1.30. The Morgan fingerprint density at radius 1 is 1.28 bits per heavy atom. The molecule has 3 rings (SSSR count). The number of nitrogens with zero attached hydrogens (tertiary/aromatic N) is 2. The third-order valence-corrected chi connectivity index (χ3v) is 5.94. The van der Waals surface area contributed by atoms with Crippen LogP contribution >= 0.6 is 0 Å². The van der Waals surface area contributed by atoms with Gasteiger partial charge in [-0.15, -0.1) is 0 Å². The molecule has 2 aliphatic heterocycles. The van der Waals surface area contributed by atoms with Crippen molar-refractivity contribution in [1.29, 1.82) is 0 Å². The fourth-order valence-electron chi connectivity index (χ4n) is 4.46. The van der Waals surface area contributed by atoms with Crippen LogP contribution in [0.3, 0.4) is 0 Å². The van der Waals surface area contributed by atoms with Gasteiger partial charge in [0.2, 0.25) is 5.43 Å². The molecular weight excluding hydrogens is 374 g/mol. The van der Waals surface area contributed by atoms with Gasteiger partial charge in [0.25, 0.3) is 5.91 Å². The van der Waals surface area contributed by atoms with Crippen molar-refractivity contribution in [3.8, 4) is 5.75 Å². The van der Waals surface area contributed by atoms with E-state index in [0.29, 0.717) is 6.54 Å². The van der Waals surface area contributed by atoms with Crippen LogP contribution in [0.2, 0.25) is 0 Å². The fraction of sp³-hybridized carbons (Fsp3) is 0.667. The van der Waals surface area contributed by atoms with E-state index in [1.54, 1.807) is 4.57 Å². The Hall–Kier alpha value is -2.35. The first-order valence-corrected chi connectivity index (χ1v) is 10.6. The number of hydrogen-bond acceptors (Lipinski definition) is 5. The molecule has 0 bridgehead atoms. The number of carboxylic acid groups (broad SMARTS) is 1. The van der Waals surface area contributed by atoms with Gasteiger partial charge in [0.05, 0.1) is 13.7 Å². The Morgan fingerprint density at radius 2 is 2.03 bits per heavy atom. The van der Waals surface area contributed by atoms with E-state index in [1.807, 2.05) is 4.90 Å². The molecule has 0 spiro atoms. The summed E-state index contributed by atoms with van der Waals surface area (Å²) in [5.74, 6) is -1.76. The summed E-state index contributed by atoms with van der Waals surface area (Å²) in [6.45, 7) is 3.33. The van der Waals surface area contributed by atoms with Gasteiger partial charge in [0, 0.05) is 12.2 Å². The second-order valence-corrected chi connectivity index (χ2v) is 7.89. The molecule has 0 saturated carbocycles. The number of pyridine rings is 1. The van der Waals surface area contributed by atoms with Crippen LogP contribution in [0.4, 0.5) is 0 Å². The summed E-state index contributed by atoms with van der Waals surface area (Å²) in [5, 5.41) is 12.9. The number of fused-ring (bicyclic) bond motifs is 2. The number of aromatic carboxylic acids is 1. The lowest BCUT2D eigenvalue weighted by Gasteiger charge is -2.43. The molecule has 2 unspecified atom stereocenters. The number of aromatic nitrogens is 1. The van der Waals surface area contributed by atoms with Gasteiger partial charge in [0.15, 0.2) is 11.4 Å². The van der Waals surface area contributed by atoms with Crippen molar-refractivity contribution in [3.63, 3.8) is 0 Å². The number of unbranched alkanes of at least 4 members (excludes halogenated alkanes) is 1. The van der Waals surface area contributed by atoms with Gasteiger partial charge in [-0.2, -0.15) is 0 Å². The minimum absolute atomic E-state index is 0.0887. The predicted molar refractivity (Wildman–Crippen MR) is 109 cm³/mol. The monoisotopic (exact) mass is 405 g/mol. The van der Waals surface area contributed by atoms with E-state index in [0.717, 1.165) is 57.9 Å². The van der Waals surface area contributed by atoms with Gasteiger partial charge in [0.1, 0.15) is 11.7 Å². The Balaban J connectivity index is 2.08. The highest BCUT2D eigenvalue weighted by Gasteiger charge is 2.39. The first kappa shape index (κ1) is 21.4. The molecule has 1 fully saturated rings. The van der Waals surface area contributed by atoms with Gasteiger partial charge in [-0.1, -0.05) is 39.0 Å². The number of carboxylic acids is 1. The second-order valence-electron chi connectivity index (χ2n) is 7.89. The number of ether oxygens (including phenoxy) is 1. The summed E-state index contributed by atoms with van der Waals surface area (Å²) in [6.07, 6.45) is 9.41. The van der Waals surface area contributed by atoms with Crippen molar-refractivity contribution in [1.82, 2.24) is 14.8 Å². The molecule has 1 aromatic heterocycles. The maximum absolute atomic E-state index is 13.6. The number of methoxy groups -OCH3 is 1. The van der Waals surface area contributed by atoms with Crippen LogP contribution in [0.5, 0.6) is 5.75 Å². The summed E-state index contributed by atoms with van der Waals surface area (Å²) >= 11 is 0. The van der Waals surface area contributed by atoms with Gasteiger partial charge >= 0.3 is 5.97 Å². The molecular formula is C21H31N3O5. The molecule has 160 valence electrons. The van der Waals surface area contributed by atoms with Gasteiger partial charge in [-0.05, 0) is 25.8 Å². The van der Waals surface area contributed by atoms with Crippen LogP contribution in [0.15, 0.2) is 11.0 Å². The SMILES string of the molecule is CCCCC1CCCCCCNC2Cn3cc(C(=O)O)c(=O)c(OC)c3C(=O)N12. The summed E-state index contributed by atoms with van der Waals surface area (Å²) in [4.78, 5) is 39.6. The van der Waals surface area contributed by atoms with Gasteiger partial charge in [-0.3, -0.25) is 14.9 Å². The van der Waals surface area contributed by atoms with Crippen LogP contribution in [0.1, 0.15) is 79.1 Å². The first-order valence-electron chi connectivity index (χ1n) is 10.6. The minimum Gasteiger partial charge on any atom is -0.491 e. The molecule has 2 aliphatic rings. The standard InChI is InChI=1S/C21H31N3O5/c1-3-4-9-14-10-7-5-6-8-11-22-16-13-23-12-15(21(27)28)18(25)19(29-2)17(23)20(26)24(14)16/h12,14,16,22H,3-11,13H2,1-2H3,(H,27,28). The van der Waals surface area contributed by atoms with Crippen molar-refractivity contribution in [3.05, 3.63) is 27.7 Å². The number of hydrogen-bond donors (Lipinski definition) is 2. The van der Waals surface area contributed by atoms with E-state index < -0.39 is 11.4 Å². The van der Waals surface area contributed by atoms with Crippen LogP contribution < -0.4 is 15.5 Å². The second kappa shape index (κ2) is 9.43. The normalized spacial score (nSPS) is 22.6. The number of carbonyl (C=O) groups excluding carboxylic acids is 1. The van der Waals surface area contributed by atoms with Crippen molar-refractivity contribution in [2.45, 2.75) is 77.0 Å². The van der Waals surface area contributed by atoms with E-state index in [9.17, 15) is 19.5 Å². The zero-order valence-electron chi connectivity index (χ0n) is 17.3. The van der Waals surface area contributed by atoms with Crippen LogP contribution in [0, 0.1) is 0 Å². The molecule has 1 saturated heterocycles. The largest absolute Gasteiger partial charge is 0.491 e. The zero-order valence-corrected chi connectivity index (χ0v) is 17.3. The Morgan fingerprint density at radius 3 is 2.72 bits per heavy atom. The smallest absolute Gasteiger partial charge is 0.341 e. The number of rotatable bonds is 5. The number of nitrogens with one attached hydrogen (secondary N) is 1. The highest BCUT2D eigenvalue weighted by molar-refractivity contribution is 5.98. The number of carbonyl (C=O) groups is 2. The Bertz CT molecular complexity index is 819. The first-order chi connectivity index (χ1) is 14.0. The third kappa shape index (κ3) is 4.32. The third-order valence-electron chi connectivity index (χ3n) is 5.94. The molecule has 2 N–H and O–H groups in total. The summed E-state index contributed by atoms with van der Waals surface area (Å²) in [6, 6.07) is 0.0887. The quantitative estimate of drug-likeness (QED) is 0.780. The molecule has 0 aliphatic carbocycles. The van der Waals surface area contributed by atoms with E-state index >= 15 is 0 Å². The average Bonchev–Trinajstić information content (AvgIpc) is 2.70. The fourth-order valence-corrected chi connectivity index (χ4v) is 4.46. The highest BCUT2D eigenvalue weighted by atomic mass is 16.5. The summed E-state index contributed by atoms with van der Waals surface area (Å²) in [5.41, 5.74) is -0.981. The van der Waals surface area contributed by atoms with Crippen LogP contribution in [-0.2, 0) is 6.54 Å². The van der Waals surface area contributed by atoms with E-state index in [4.69, 9.17) is 4.74 Å². The average molecular weight is 405 g/mol. The maximum Gasteiger partial charge on any atom is 0.341 e. The topological polar surface area (TPSA) is 101 Å². The van der Waals surface area contributed by atoms with Gasteiger partial charge < -0.3 is 19.3 Å². The predicted octanol–water partition coefficient (Wildman–Crippen LogP) is 2.45. The molecule has 29 heavy (non-hydrogen) atoms. The lowest BCUT2D eigenvalue weighted by Crippen LogP contribution is -2.59. The van der Waals surface area contributed by atoms with Crippen molar-refractivity contribution in [2.75, 3.05) is 13.7 Å².